The molecule has 24 heavy (non-hydrogen) atoms. The van der Waals surface area contributed by atoms with Crippen LogP contribution in [0, 0.1) is 0 Å². The molecule has 1 amide bonds. The van der Waals surface area contributed by atoms with Crippen LogP contribution in [0.2, 0.25) is 0 Å². The lowest BCUT2D eigenvalue weighted by atomic mass is 10.00. The van der Waals surface area contributed by atoms with Gasteiger partial charge in [0.15, 0.2) is 0 Å². The molecule has 0 unspecified atom stereocenters. The monoisotopic (exact) mass is 320 g/mol. The molecule has 1 aliphatic heterocycles. The van der Waals surface area contributed by atoms with Gasteiger partial charge in [-0.15, -0.1) is 0 Å². The maximum absolute atomic E-state index is 12.2. The van der Waals surface area contributed by atoms with E-state index in [0.717, 1.165) is 24.3 Å². The third-order valence-corrected chi connectivity index (χ3v) is 4.64. The largest absolute Gasteiger partial charge is 0.372 e. The molecule has 1 aliphatic rings. The van der Waals surface area contributed by atoms with Gasteiger partial charge in [-0.2, -0.15) is 0 Å². The average molecular weight is 320 g/mol. The van der Waals surface area contributed by atoms with E-state index in [0.29, 0.717) is 6.54 Å². The molecule has 0 aromatic heterocycles. The Morgan fingerprint density at radius 1 is 1.04 bits per heavy atom. The zero-order chi connectivity index (χ0) is 17.1. The van der Waals surface area contributed by atoms with Crippen LogP contribution >= 0.6 is 0 Å². The summed E-state index contributed by atoms with van der Waals surface area (Å²) in [6.45, 7) is 8.55. The molecule has 0 saturated heterocycles. The highest BCUT2D eigenvalue weighted by atomic mass is 16.2. The van der Waals surface area contributed by atoms with Crippen molar-refractivity contribution in [2.75, 3.05) is 22.9 Å². The molecule has 0 bridgehead atoms. The van der Waals surface area contributed by atoms with Crippen LogP contribution in [0.3, 0.4) is 0 Å². The predicted molar refractivity (Wildman–Crippen MR) is 102 cm³/mol. The van der Waals surface area contributed by atoms with Gasteiger partial charge in [0.25, 0.3) is 0 Å². The van der Waals surface area contributed by atoms with Crippen molar-refractivity contribution in [3.63, 3.8) is 0 Å². The third kappa shape index (κ3) is 3.07. The van der Waals surface area contributed by atoms with Crippen LogP contribution in [-0.4, -0.2) is 19.0 Å². The van der Waals surface area contributed by atoms with Crippen molar-refractivity contribution in [3.8, 4) is 0 Å². The normalized spacial score (nSPS) is 12.9. The van der Waals surface area contributed by atoms with E-state index in [4.69, 9.17) is 0 Å². The predicted octanol–water partition coefficient (Wildman–Crippen LogP) is 4.57. The van der Waals surface area contributed by atoms with Gasteiger partial charge in [0.1, 0.15) is 0 Å². The molecule has 2 aromatic carbocycles. The zero-order valence-corrected chi connectivity index (χ0v) is 14.6. The minimum absolute atomic E-state index is 0.0662. The van der Waals surface area contributed by atoms with Crippen LogP contribution in [0.15, 0.2) is 42.5 Å². The second-order valence-corrected chi connectivity index (χ2v) is 6.05. The second-order valence-electron chi connectivity index (χ2n) is 6.05. The molecule has 0 atom stereocenters. The lowest BCUT2D eigenvalue weighted by Gasteiger charge is -2.27. The summed E-state index contributed by atoms with van der Waals surface area (Å²) in [6, 6.07) is 14.6. The van der Waals surface area contributed by atoms with Crippen molar-refractivity contribution in [3.05, 3.63) is 59.2 Å². The number of fused-ring (bicyclic) bond motifs is 2. The van der Waals surface area contributed by atoms with Crippen molar-refractivity contribution < 1.29 is 4.79 Å². The summed E-state index contributed by atoms with van der Waals surface area (Å²) in [5, 5.41) is 0. The Balaban J connectivity index is 2.09. The average Bonchev–Trinajstić information content (AvgIpc) is 2.58. The Morgan fingerprint density at radius 2 is 1.75 bits per heavy atom. The molecule has 0 N–H and O–H groups in total. The molecule has 3 nitrogen and oxygen atoms in total. The molecule has 2 aromatic rings. The van der Waals surface area contributed by atoms with E-state index in [9.17, 15) is 4.79 Å². The fourth-order valence-electron chi connectivity index (χ4n) is 3.26. The van der Waals surface area contributed by atoms with Gasteiger partial charge in [0.2, 0.25) is 5.91 Å². The lowest BCUT2D eigenvalue weighted by Crippen LogP contribution is -2.29. The van der Waals surface area contributed by atoms with Gasteiger partial charge in [-0.05, 0) is 48.7 Å². The standard InChI is InChI=1S/C21H24N2O/c1-4-22(5-2)20-13-12-19-15-23(16(3)24)21-9-7-6-8-17(21)10-11-18(19)14-20/h6-14H,4-5,15H2,1-3H3. The molecule has 0 saturated carbocycles. The molecule has 0 radical (unpaired) electrons. The van der Waals surface area contributed by atoms with E-state index in [1.54, 1.807) is 6.92 Å². The molecule has 124 valence electrons. The number of benzene rings is 2. The number of carbonyl (C=O) groups excluding carboxylic acids is 1. The summed E-state index contributed by atoms with van der Waals surface area (Å²) in [6.07, 6.45) is 4.27. The van der Waals surface area contributed by atoms with Crippen LogP contribution in [0.5, 0.6) is 0 Å². The quantitative estimate of drug-likeness (QED) is 0.827. The van der Waals surface area contributed by atoms with Crippen molar-refractivity contribution in [1.29, 1.82) is 0 Å². The summed E-state index contributed by atoms with van der Waals surface area (Å²) >= 11 is 0. The highest BCUT2D eigenvalue weighted by Crippen LogP contribution is 2.30. The molecule has 0 aliphatic carbocycles. The van der Waals surface area contributed by atoms with Crippen LogP contribution in [0.25, 0.3) is 12.2 Å². The highest BCUT2D eigenvalue weighted by Gasteiger charge is 2.18. The molecule has 3 heteroatoms. The third-order valence-electron chi connectivity index (χ3n) is 4.64. The molecular weight excluding hydrogens is 296 g/mol. The summed E-state index contributed by atoms with van der Waals surface area (Å²) in [7, 11) is 0. The fraction of sp³-hybridized carbons (Fsp3) is 0.286. The van der Waals surface area contributed by atoms with Gasteiger partial charge < -0.3 is 9.80 Å². The van der Waals surface area contributed by atoms with Gasteiger partial charge in [0.05, 0.1) is 12.2 Å². The number of rotatable bonds is 3. The van der Waals surface area contributed by atoms with E-state index >= 15 is 0 Å². The Labute approximate surface area is 144 Å². The number of para-hydroxylation sites is 1. The van der Waals surface area contributed by atoms with Crippen molar-refractivity contribution >= 4 is 29.4 Å². The summed E-state index contributed by atoms with van der Waals surface area (Å²) in [4.78, 5) is 16.4. The molecule has 1 heterocycles. The van der Waals surface area contributed by atoms with Gasteiger partial charge in [-0.1, -0.05) is 36.4 Å². The highest BCUT2D eigenvalue weighted by molar-refractivity contribution is 5.95. The van der Waals surface area contributed by atoms with Crippen molar-refractivity contribution in [2.45, 2.75) is 27.3 Å². The first-order valence-corrected chi connectivity index (χ1v) is 8.57. The minimum atomic E-state index is 0.0662. The first kappa shape index (κ1) is 16.3. The Bertz CT molecular complexity index is 775. The maximum Gasteiger partial charge on any atom is 0.224 e. The number of hydrogen-bond donors (Lipinski definition) is 0. The summed E-state index contributed by atoms with van der Waals surface area (Å²) in [5.41, 5.74) is 5.63. The molecule has 3 rings (SSSR count). The zero-order valence-electron chi connectivity index (χ0n) is 14.6. The van der Waals surface area contributed by atoms with E-state index < -0.39 is 0 Å². The van der Waals surface area contributed by atoms with Gasteiger partial charge in [-0.25, -0.2) is 0 Å². The van der Waals surface area contributed by atoms with Gasteiger partial charge in [-0.3, -0.25) is 4.79 Å². The minimum Gasteiger partial charge on any atom is -0.372 e. The Morgan fingerprint density at radius 3 is 2.46 bits per heavy atom. The first-order valence-electron chi connectivity index (χ1n) is 8.57. The Kier molecular flexibility index (Phi) is 4.70. The first-order chi connectivity index (χ1) is 11.6. The van der Waals surface area contributed by atoms with Crippen molar-refractivity contribution in [1.82, 2.24) is 0 Å². The summed E-state index contributed by atoms with van der Waals surface area (Å²) < 4.78 is 0. The van der Waals surface area contributed by atoms with Crippen LogP contribution in [0.4, 0.5) is 11.4 Å². The number of hydrogen-bond acceptors (Lipinski definition) is 2. The molecule has 0 fully saturated rings. The Hall–Kier alpha value is -2.55. The molecule has 0 spiro atoms. The van der Waals surface area contributed by atoms with Crippen LogP contribution < -0.4 is 9.80 Å². The van der Waals surface area contributed by atoms with E-state index in [1.807, 2.05) is 23.1 Å². The van der Waals surface area contributed by atoms with Crippen LogP contribution in [0.1, 0.15) is 37.5 Å². The maximum atomic E-state index is 12.2. The number of anilines is 2. The number of carbonyl (C=O) groups is 1. The second kappa shape index (κ2) is 6.91. The van der Waals surface area contributed by atoms with E-state index in [-0.39, 0.29) is 5.91 Å². The topological polar surface area (TPSA) is 23.6 Å². The van der Waals surface area contributed by atoms with E-state index in [1.165, 1.54) is 16.8 Å². The van der Waals surface area contributed by atoms with Gasteiger partial charge >= 0.3 is 0 Å². The molecular formula is C21H24N2O. The number of nitrogens with zero attached hydrogens (tertiary/aromatic N) is 2. The van der Waals surface area contributed by atoms with Crippen LogP contribution in [-0.2, 0) is 11.3 Å². The SMILES string of the molecule is CCN(CC)c1ccc2c(c1)C=Cc1ccccc1N(C(C)=O)C2. The summed E-state index contributed by atoms with van der Waals surface area (Å²) in [5.74, 6) is 0.0662. The van der Waals surface area contributed by atoms with Gasteiger partial charge in [0, 0.05) is 25.7 Å². The smallest absolute Gasteiger partial charge is 0.224 e. The van der Waals surface area contributed by atoms with E-state index in [2.05, 4.69) is 55.2 Å². The van der Waals surface area contributed by atoms with Crippen molar-refractivity contribution in [2.24, 2.45) is 0 Å². The lowest BCUT2D eigenvalue weighted by molar-refractivity contribution is -0.116. The fourth-order valence-corrected chi connectivity index (χ4v) is 3.26. The number of amides is 1.